The Bertz CT molecular complexity index is 398. The van der Waals surface area contributed by atoms with Crippen LogP contribution in [0.15, 0.2) is 17.2 Å². The summed E-state index contributed by atoms with van der Waals surface area (Å²) >= 11 is 0. The lowest BCUT2D eigenvalue weighted by atomic mass is 10.3. The maximum atomic E-state index is 11.5. The van der Waals surface area contributed by atoms with Gasteiger partial charge < -0.3 is 0 Å². The van der Waals surface area contributed by atoms with E-state index in [-0.39, 0.29) is 4.90 Å². The van der Waals surface area contributed by atoms with Gasteiger partial charge in [-0.3, -0.25) is 0 Å². The van der Waals surface area contributed by atoms with Crippen molar-refractivity contribution in [3.63, 3.8) is 0 Å². The van der Waals surface area contributed by atoms with Crippen molar-refractivity contribution >= 4 is 10.0 Å². The van der Waals surface area contributed by atoms with Gasteiger partial charge in [-0.05, 0) is 18.0 Å². The Morgan fingerprint density at radius 2 is 2.08 bits per heavy atom. The molecular formula is C8H11N2O2S+. The second-order valence-corrected chi connectivity index (χ2v) is 5.03. The normalized spacial score (nSPS) is 11.4. The molecule has 0 saturated heterocycles. The molecule has 0 atom stereocenters. The van der Waals surface area contributed by atoms with E-state index in [0.29, 0.717) is 0 Å². The molecule has 0 fully saturated rings. The minimum Gasteiger partial charge on any atom is -0.206 e. The molecule has 0 radical (unpaired) electrons. The van der Waals surface area contributed by atoms with Crippen LogP contribution in [-0.4, -0.2) is 26.8 Å². The van der Waals surface area contributed by atoms with Gasteiger partial charge in [-0.25, -0.2) is 12.7 Å². The van der Waals surface area contributed by atoms with Crippen LogP contribution < -0.4 is 4.98 Å². The van der Waals surface area contributed by atoms with Crippen molar-refractivity contribution in [2.45, 2.75) is 11.8 Å². The van der Waals surface area contributed by atoms with E-state index in [1.165, 1.54) is 14.1 Å². The maximum Gasteiger partial charge on any atom is 0.333 e. The van der Waals surface area contributed by atoms with E-state index in [9.17, 15) is 8.42 Å². The molecule has 1 aromatic heterocycles. The Balaban J connectivity index is 3.24. The first-order valence-corrected chi connectivity index (χ1v) is 5.15. The van der Waals surface area contributed by atoms with Gasteiger partial charge >= 0.3 is 12.4 Å². The molecule has 0 spiro atoms. The third kappa shape index (κ3) is 1.97. The molecular weight excluding hydrogens is 188 g/mol. The molecule has 13 heavy (non-hydrogen) atoms. The quantitative estimate of drug-likeness (QED) is 0.654. The second-order valence-electron chi connectivity index (χ2n) is 2.91. The van der Waals surface area contributed by atoms with Crippen LogP contribution in [0.3, 0.4) is 0 Å². The third-order valence-electron chi connectivity index (χ3n) is 1.56. The van der Waals surface area contributed by atoms with E-state index >= 15 is 0 Å². The fraction of sp³-hybridized carbons (Fsp3) is 0.375. The van der Waals surface area contributed by atoms with E-state index in [1.54, 1.807) is 19.2 Å². The monoisotopic (exact) mass is 199 g/mol. The Hall–Kier alpha value is -1.12. The van der Waals surface area contributed by atoms with Crippen molar-refractivity contribution in [2.75, 3.05) is 14.1 Å². The standard InChI is InChI=1S/C8H11N2O2S/c1-7-4-8(6-9-5-7)13(11,12)10(2)3/h4-5H,1-3H3/q+1. The van der Waals surface area contributed by atoms with E-state index in [4.69, 9.17) is 0 Å². The molecule has 0 N–H and O–H groups in total. The smallest absolute Gasteiger partial charge is 0.206 e. The molecule has 1 heterocycles. The number of sulfonamides is 1. The average Bonchev–Trinajstić information content (AvgIpc) is 2.04. The maximum absolute atomic E-state index is 11.5. The topological polar surface area (TPSA) is 51.5 Å². The first-order chi connectivity index (χ1) is 5.94. The van der Waals surface area contributed by atoms with Gasteiger partial charge in [-0.1, -0.05) is 0 Å². The van der Waals surface area contributed by atoms with Crippen LogP contribution in [0.25, 0.3) is 0 Å². The summed E-state index contributed by atoms with van der Waals surface area (Å²) in [6, 6.07) is 1.54. The lowest BCUT2D eigenvalue weighted by Crippen LogP contribution is -2.22. The molecule has 4 nitrogen and oxygen atoms in total. The number of hydrogen-bond donors (Lipinski definition) is 0. The van der Waals surface area contributed by atoms with Crippen molar-refractivity contribution in [2.24, 2.45) is 0 Å². The van der Waals surface area contributed by atoms with Crippen molar-refractivity contribution < 1.29 is 13.4 Å². The molecule has 0 unspecified atom stereocenters. The molecule has 0 aliphatic heterocycles. The first-order valence-electron chi connectivity index (χ1n) is 3.71. The summed E-state index contributed by atoms with van der Waals surface area (Å²) in [7, 11) is -0.429. The van der Waals surface area contributed by atoms with Crippen molar-refractivity contribution in [3.05, 3.63) is 24.0 Å². The predicted octanol–water partition coefficient (Wildman–Crippen LogP) is -0.355. The van der Waals surface area contributed by atoms with Gasteiger partial charge in [0.05, 0.1) is 0 Å². The molecule has 0 bridgehead atoms. The van der Waals surface area contributed by atoms with E-state index in [2.05, 4.69) is 11.2 Å². The third-order valence-corrected chi connectivity index (χ3v) is 3.29. The zero-order chi connectivity index (χ0) is 10.1. The van der Waals surface area contributed by atoms with Crippen LogP contribution in [-0.2, 0) is 10.0 Å². The zero-order valence-electron chi connectivity index (χ0n) is 7.77. The fourth-order valence-electron chi connectivity index (χ4n) is 0.803. The largest absolute Gasteiger partial charge is 0.333 e. The first kappa shape index (κ1) is 9.96. The number of aryl methyl sites for hydroxylation is 1. The van der Waals surface area contributed by atoms with Crippen molar-refractivity contribution in [1.82, 2.24) is 4.31 Å². The highest BCUT2D eigenvalue weighted by Crippen LogP contribution is 2.09. The molecule has 70 valence electrons. The Morgan fingerprint density at radius 3 is 2.54 bits per heavy atom. The van der Waals surface area contributed by atoms with Crippen LogP contribution in [0.2, 0.25) is 0 Å². The van der Waals surface area contributed by atoms with E-state index < -0.39 is 10.0 Å². The van der Waals surface area contributed by atoms with Gasteiger partial charge in [-0.15, -0.1) is 0 Å². The summed E-state index contributed by atoms with van der Waals surface area (Å²) in [5.41, 5.74) is 0.805. The van der Waals surface area contributed by atoms with Crippen LogP contribution >= 0.6 is 0 Å². The van der Waals surface area contributed by atoms with Crippen LogP contribution in [0.4, 0.5) is 0 Å². The SMILES string of the molecule is Cc1c[n+]#cc(S(=O)(=O)N(C)C)c1. The van der Waals surface area contributed by atoms with Gasteiger partial charge in [0.25, 0.3) is 10.0 Å². The molecule has 0 saturated carbocycles. The van der Waals surface area contributed by atoms with E-state index in [1.807, 2.05) is 0 Å². The average molecular weight is 199 g/mol. The number of aromatic nitrogens is 1. The highest BCUT2D eigenvalue weighted by molar-refractivity contribution is 7.89. The van der Waals surface area contributed by atoms with Gasteiger partial charge in [0.2, 0.25) is 4.90 Å². The highest BCUT2D eigenvalue weighted by Gasteiger charge is 2.21. The highest BCUT2D eigenvalue weighted by atomic mass is 32.2. The van der Waals surface area contributed by atoms with Crippen LogP contribution in [0.1, 0.15) is 5.56 Å². The Kier molecular flexibility index (Phi) is 2.55. The number of rotatable bonds is 2. The lowest BCUT2D eigenvalue weighted by molar-refractivity contribution is -0.296. The number of hydrogen-bond acceptors (Lipinski definition) is 2. The van der Waals surface area contributed by atoms with Gasteiger partial charge in [-0.2, -0.15) is 0 Å². The van der Waals surface area contributed by atoms with Gasteiger partial charge in [0, 0.05) is 19.7 Å². The van der Waals surface area contributed by atoms with E-state index in [0.717, 1.165) is 9.87 Å². The van der Waals surface area contributed by atoms with Crippen LogP contribution in [0.5, 0.6) is 0 Å². The summed E-state index contributed by atoms with van der Waals surface area (Å²) in [6.45, 7) is 1.79. The summed E-state index contributed by atoms with van der Waals surface area (Å²) < 4.78 is 24.2. The molecule has 0 aliphatic carbocycles. The fourth-order valence-corrected chi connectivity index (χ4v) is 1.70. The van der Waals surface area contributed by atoms with Crippen LogP contribution in [0, 0.1) is 13.1 Å². The summed E-state index contributed by atoms with van der Waals surface area (Å²) in [5, 5.41) is 0. The lowest BCUT2D eigenvalue weighted by Gasteiger charge is -2.06. The molecule has 0 amide bonds. The minimum atomic E-state index is -3.38. The van der Waals surface area contributed by atoms with Crippen molar-refractivity contribution in [1.29, 1.82) is 0 Å². The summed E-state index contributed by atoms with van der Waals surface area (Å²) in [5.74, 6) is 0. The van der Waals surface area contributed by atoms with Crippen molar-refractivity contribution in [3.8, 4) is 0 Å². The molecule has 0 aliphatic rings. The molecule has 1 rings (SSSR count). The van der Waals surface area contributed by atoms with Gasteiger partial charge in [0.15, 0.2) is 0 Å². The summed E-state index contributed by atoms with van der Waals surface area (Å²) in [6.07, 6.45) is 4.02. The zero-order valence-corrected chi connectivity index (χ0v) is 8.59. The molecule has 5 heteroatoms. The number of nitrogens with zero attached hydrogens (tertiary/aromatic N) is 2. The summed E-state index contributed by atoms with van der Waals surface area (Å²) in [4.78, 5) is 3.81. The van der Waals surface area contributed by atoms with Gasteiger partial charge in [0.1, 0.15) is 0 Å². The molecule has 0 aromatic carbocycles. The Labute approximate surface area is 78.3 Å². The second kappa shape index (κ2) is 3.32. The predicted molar refractivity (Wildman–Crippen MR) is 46.5 cm³/mol. The molecule has 1 aromatic rings. The minimum absolute atomic E-state index is 0.109. The Morgan fingerprint density at radius 1 is 1.46 bits per heavy atom.